The Morgan fingerprint density at radius 3 is 2.07 bits per heavy atom. The normalized spacial score (nSPS) is 12.1. The second kappa shape index (κ2) is 13.7. The first kappa shape index (κ1) is 31.7. The number of aryl methyl sites for hydroxylation is 3. The number of hydrogen-bond acceptors (Lipinski definition) is 5. The number of sulfonamides is 1. The molecule has 9 heteroatoms. The fourth-order valence-electron chi connectivity index (χ4n) is 4.30. The Labute approximate surface area is 244 Å². The van der Waals surface area contributed by atoms with Crippen molar-refractivity contribution in [2.24, 2.45) is 5.92 Å². The van der Waals surface area contributed by atoms with Gasteiger partial charge in [-0.05, 0) is 80.6 Å². The highest BCUT2D eigenvalue weighted by Gasteiger charge is 2.33. The predicted octanol–water partition coefficient (Wildman–Crippen LogP) is 5.01. The maximum absolute atomic E-state index is 14.1. The molecule has 3 aromatic carbocycles. The SMILES string of the molecule is COc1ccc(CN(C(=O)CN(c2cc(C)ccc2C)S(=O)(=O)c2ccc(C)cc2)C(C)C(=O)NCC(C)C)cc1. The Hall–Kier alpha value is -3.85. The van der Waals surface area contributed by atoms with Crippen molar-refractivity contribution < 1.29 is 22.7 Å². The number of benzene rings is 3. The van der Waals surface area contributed by atoms with Crippen LogP contribution in [-0.2, 0) is 26.2 Å². The number of nitrogens with zero attached hydrogens (tertiary/aromatic N) is 2. The monoisotopic (exact) mass is 579 g/mol. The van der Waals surface area contributed by atoms with Crippen molar-refractivity contribution in [2.75, 3.05) is 24.5 Å². The molecule has 0 spiro atoms. The maximum atomic E-state index is 14.1. The highest BCUT2D eigenvalue weighted by Crippen LogP contribution is 2.29. The number of methoxy groups -OCH3 is 1. The first-order valence-electron chi connectivity index (χ1n) is 13.7. The van der Waals surface area contributed by atoms with Gasteiger partial charge in [-0.3, -0.25) is 13.9 Å². The van der Waals surface area contributed by atoms with Gasteiger partial charge in [0.15, 0.2) is 0 Å². The molecule has 0 aliphatic heterocycles. The van der Waals surface area contributed by atoms with E-state index >= 15 is 0 Å². The third kappa shape index (κ3) is 8.10. The molecule has 2 amide bonds. The molecule has 1 N–H and O–H groups in total. The van der Waals surface area contributed by atoms with Crippen LogP contribution in [0.15, 0.2) is 71.6 Å². The highest BCUT2D eigenvalue weighted by atomic mass is 32.2. The van der Waals surface area contributed by atoms with Crippen LogP contribution in [0.2, 0.25) is 0 Å². The van der Waals surface area contributed by atoms with Crippen molar-refractivity contribution in [2.45, 2.75) is 59.0 Å². The summed E-state index contributed by atoms with van der Waals surface area (Å²) in [6, 6.07) is 18.4. The minimum atomic E-state index is -4.12. The zero-order valence-electron chi connectivity index (χ0n) is 25.0. The Kier molecular flexibility index (Phi) is 10.6. The van der Waals surface area contributed by atoms with Crippen molar-refractivity contribution in [3.63, 3.8) is 0 Å². The average Bonchev–Trinajstić information content (AvgIpc) is 2.94. The Balaban J connectivity index is 2.05. The van der Waals surface area contributed by atoms with Gasteiger partial charge in [-0.2, -0.15) is 0 Å². The number of ether oxygens (including phenoxy) is 1. The maximum Gasteiger partial charge on any atom is 0.264 e. The van der Waals surface area contributed by atoms with Gasteiger partial charge in [0.05, 0.1) is 17.7 Å². The number of carbonyl (C=O) groups is 2. The zero-order valence-corrected chi connectivity index (χ0v) is 25.8. The number of carbonyl (C=O) groups excluding carboxylic acids is 2. The van der Waals surface area contributed by atoms with Crippen molar-refractivity contribution in [3.8, 4) is 5.75 Å². The molecule has 3 aromatic rings. The lowest BCUT2D eigenvalue weighted by Gasteiger charge is -2.32. The quantitative estimate of drug-likeness (QED) is 0.326. The molecule has 0 aromatic heterocycles. The Bertz CT molecular complexity index is 1450. The fraction of sp³-hybridized carbons (Fsp3) is 0.375. The van der Waals surface area contributed by atoms with Gasteiger partial charge in [0.2, 0.25) is 11.8 Å². The van der Waals surface area contributed by atoms with Crippen molar-refractivity contribution >= 4 is 27.5 Å². The molecule has 41 heavy (non-hydrogen) atoms. The summed E-state index contributed by atoms with van der Waals surface area (Å²) < 4.78 is 34.5. The molecule has 0 aliphatic rings. The second-order valence-corrected chi connectivity index (χ2v) is 12.7. The van der Waals surface area contributed by atoms with E-state index in [9.17, 15) is 18.0 Å². The standard InChI is InChI=1S/C32H41N3O5S/c1-22(2)19-33-32(37)26(6)34(20-27-12-14-28(40-7)15-13-27)31(36)21-35(30-18-24(4)8-11-25(30)5)41(38,39)29-16-9-23(3)10-17-29/h8-18,22,26H,19-21H2,1-7H3,(H,33,37). The second-order valence-electron chi connectivity index (χ2n) is 10.8. The van der Waals surface area contributed by atoms with E-state index in [1.165, 1.54) is 4.90 Å². The summed E-state index contributed by atoms with van der Waals surface area (Å²) in [4.78, 5) is 28.7. The average molecular weight is 580 g/mol. The fourth-order valence-corrected chi connectivity index (χ4v) is 5.77. The Morgan fingerprint density at radius 1 is 0.878 bits per heavy atom. The van der Waals surface area contributed by atoms with E-state index in [1.54, 1.807) is 56.5 Å². The van der Waals surface area contributed by atoms with Crippen LogP contribution in [0.25, 0.3) is 0 Å². The molecule has 0 heterocycles. The van der Waals surface area contributed by atoms with E-state index < -0.39 is 28.5 Å². The minimum Gasteiger partial charge on any atom is -0.497 e. The number of nitrogens with one attached hydrogen (secondary N) is 1. The predicted molar refractivity (Wildman–Crippen MR) is 162 cm³/mol. The molecule has 0 fully saturated rings. The lowest BCUT2D eigenvalue weighted by Crippen LogP contribution is -2.51. The van der Waals surface area contributed by atoms with Crippen LogP contribution in [0.4, 0.5) is 5.69 Å². The van der Waals surface area contributed by atoms with E-state index in [0.717, 1.165) is 21.0 Å². The molecule has 0 saturated heterocycles. The van der Waals surface area contributed by atoms with Crippen LogP contribution in [0.5, 0.6) is 5.75 Å². The minimum absolute atomic E-state index is 0.0845. The third-order valence-electron chi connectivity index (χ3n) is 6.88. The number of amides is 2. The topological polar surface area (TPSA) is 96.0 Å². The molecule has 0 aliphatic carbocycles. The highest BCUT2D eigenvalue weighted by molar-refractivity contribution is 7.92. The van der Waals surface area contributed by atoms with Gasteiger partial charge >= 0.3 is 0 Å². The summed E-state index contributed by atoms with van der Waals surface area (Å²) in [5.74, 6) is 0.0980. The summed E-state index contributed by atoms with van der Waals surface area (Å²) in [5.41, 5.74) is 3.69. The number of hydrogen-bond donors (Lipinski definition) is 1. The molecule has 0 bridgehead atoms. The molecular formula is C32H41N3O5S. The summed E-state index contributed by atoms with van der Waals surface area (Å²) in [6.45, 7) is 11.3. The van der Waals surface area contributed by atoms with Crippen LogP contribution in [-0.4, -0.2) is 51.4 Å². The molecular weight excluding hydrogens is 538 g/mol. The zero-order chi connectivity index (χ0) is 30.3. The van der Waals surface area contributed by atoms with Crippen LogP contribution in [0.1, 0.15) is 43.0 Å². The van der Waals surface area contributed by atoms with Crippen LogP contribution in [0, 0.1) is 26.7 Å². The largest absolute Gasteiger partial charge is 0.497 e. The molecule has 220 valence electrons. The van der Waals surface area contributed by atoms with Crippen LogP contribution < -0.4 is 14.4 Å². The van der Waals surface area contributed by atoms with Gasteiger partial charge in [-0.1, -0.05) is 55.8 Å². The van der Waals surface area contributed by atoms with Gasteiger partial charge < -0.3 is 15.0 Å². The first-order valence-corrected chi connectivity index (χ1v) is 15.1. The van der Waals surface area contributed by atoms with Gasteiger partial charge in [0.25, 0.3) is 10.0 Å². The molecule has 8 nitrogen and oxygen atoms in total. The summed E-state index contributed by atoms with van der Waals surface area (Å²) >= 11 is 0. The van der Waals surface area contributed by atoms with E-state index in [2.05, 4.69) is 5.32 Å². The molecule has 3 rings (SSSR count). The molecule has 1 atom stereocenters. The molecule has 0 radical (unpaired) electrons. The summed E-state index contributed by atoms with van der Waals surface area (Å²) in [5, 5.41) is 2.90. The van der Waals surface area contributed by atoms with Crippen LogP contribution in [0.3, 0.4) is 0 Å². The lowest BCUT2D eigenvalue weighted by molar-refractivity contribution is -0.139. The van der Waals surface area contributed by atoms with Crippen LogP contribution >= 0.6 is 0 Å². The Morgan fingerprint density at radius 2 is 1.49 bits per heavy atom. The van der Waals surface area contributed by atoms with E-state index in [1.807, 2.05) is 58.9 Å². The van der Waals surface area contributed by atoms with Crippen molar-refractivity contribution in [1.82, 2.24) is 10.2 Å². The van der Waals surface area contributed by atoms with Gasteiger partial charge in [0, 0.05) is 13.1 Å². The van der Waals surface area contributed by atoms with Crippen molar-refractivity contribution in [3.05, 3.63) is 89.0 Å². The van der Waals surface area contributed by atoms with Gasteiger partial charge in [-0.15, -0.1) is 0 Å². The lowest BCUT2D eigenvalue weighted by atomic mass is 10.1. The van der Waals surface area contributed by atoms with E-state index in [-0.39, 0.29) is 23.3 Å². The smallest absolute Gasteiger partial charge is 0.264 e. The summed E-state index contributed by atoms with van der Waals surface area (Å²) in [7, 11) is -2.55. The van der Waals surface area contributed by atoms with Gasteiger partial charge in [0.1, 0.15) is 18.3 Å². The van der Waals surface area contributed by atoms with Gasteiger partial charge in [-0.25, -0.2) is 8.42 Å². The number of rotatable bonds is 12. The first-order chi connectivity index (χ1) is 19.3. The van der Waals surface area contributed by atoms with E-state index in [0.29, 0.717) is 23.5 Å². The molecule has 0 saturated carbocycles. The summed E-state index contributed by atoms with van der Waals surface area (Å²) in [6.07, 6.45) is 0. The third-order valence-corrected chi connectivity index (χ3v) is 8.66. The van der Waals surface area contributed by atoms with E-state index in [4.69, 9.17) is 4.74 Å². The van der Waals surface area contributed by atoms with Crippen molar-refractivity contribution in [1.29, 1.82) is 0 Å². The number of anilines is 1. The molecule has 1 unspecified atom stereocenters.